The molecule has 0 aliphatic heterocycles. The minimum absolute atomic E-state index is 0.110. The van der Waals surface area contributed by atoms with Crippen LogP contribution in [-0.4, -0.2) is 36.2 Å². The molecule has 3 rings (SSSR count). The highest BCUT2D eigenvalue weighted by Crippen LogP contribution is 2.36. The van der Waals surface area contributed by atoms with Gasteiger partial charge in [0.25, 0.3) is 5.41 Å². The van der Waals surface area contributed by atoms with E-state index in [4.69, 9.17) is 14.2 Å². The number of carbonyl (C=O) groups is 3. The lowest BCUT2D eigenvalue weighted by Crippen LogP contribution is -2.52. The third kappa shape index (κ3) is 8.21. The third-order valence-electron chi connectivity index (χ3n) is 8.18. The highest BCUT2D eigenvalue weighted by Gasteiger charge is 2.58. The second-order valence-electron chi connectivity index (χ2n) is 11.1. The molecule has 6 heteroatoms. The number of unbranched alkanes of at least 4 members (excludes halogenated alkanes) is 4. The second-order valence-corrected chi connectivity index (χ2v) is 11.1. The first-order valence-electron chi connectivity index (χ1n) is 14.7. The molecule has 0 amide bonds. The molecule has 0 radical (unpaired) electrons. The summed E-state index contributed by atoms with van der Waals surface area (Å²) in [7, 11) is 0. The van der Waals surface area contributed by atoms with Gasteiger partial charge in [-0.15, -0.1) is 0 Å². The number of carbonyl (C=O) groups excluding carboxylic acids is 3. The fraction of sp³-hybridized carbons (Fsp3) is 0.897. The van der Waals surface area contributed by atoms with Gasteiger partial charge >= 0.3 is 17.9 Å². The lowest BCUT2D eigenvalue weighted by Gasteiger charge is -2.34. The van der Waals surface area contributed by atoms with Crippen molar-refractivity contribution in [3.8, 4) is 0 Å². The molecule has 0 heterocycles. The van der Waals surface area contributed by atoms with E-state index in [1.165, 1.54) is 0 Å². The van der Waals surface area contributed by atoms with Crippen molar-refractivity contribution in [1.82, 2.24) is 0 Å². The second kappa shape index (κ2) is 14.8. The minimum Gasteiger partial charge on any atom is -0.461 e. The molecule has 0 N–H and O–H groups in total. The van der Waals surface area contributed by atoms with Crippen molar-refractivity contribution in [2.75, 3.05) is 0 Å². The molecular weight excluding hydrogens is 444 g/mol. The van der Waals surface area contributed by atoms with Gasteiger partial charge in [0.15, 0.2) is 0 Å². The van der Waals surface area contributed by atoms with Crippen LogP contribution in [0.3, 0.4) is 0 Å². The third-order valence-corrected chi connectivity index (χ3v) is 8.18. The SMILES string of the molecule is CCCCCCCC(C(=O)OC1CCCCC1)(C(=O)OC1CCCCC1)C(=O)OC1CCCCC1. The Bertz CT molecular complexity index is 577. The van der Waals surface area contributed by atoms with E-state index in [9.17, 15) is 14.4 Å². The molecule has 0 atom stereocenters. The van der Waals surface area contributed by atoms with Gasteiger partial charge in [0, 0.05) is 0 Å². The van der Waals surface area contributed by atoms with Crippen LogP contribution >= 0.6 is 0 Å². The van der Waals surface area contributed by atoms with Gasteiger partial charge in [0.05, 0.1) is 0 Å². The van der Waals surface area contributed by atoms with Crippen LogP contribution in [0.4, 0.5) is 0 Å². The fourth-order valence-corrected chi connectivity index (χ4v) is 5.85. The van der Waals surface area contributed by atoms with Crippen molar-refractivity contribution in [2.24, 2.45) is 5.41 Å². The van der Waals surface area contributed by atoms with Gasteiger partial charge < -0.3 is 14.2 Å². The maximum atomic E-state index is 13.8. The standard InChI is InChI=1S/C29H48O6/c1-2-3-4-5-15-22-29(26(30)33-23-16-9-6-10-17-23,27(31)34-24-18-11-7-12-19-24)28(32)35-25-20-13-8-14-21-25/h23-25H,2-22H2,1H3. The Hall–Kier alpha value is -1.59. The zero-order valence-electron chi connectivity index (χ0n) is 22.0. The summed E-state index contributed by atoms with van der Waals surface area (Å²) >= 11 is 0. The molecule has 35 heavy (non-hydrogen) atoms. The van der Waals surface area contributed by atoms with Crippen molar-refractivity contribution in [1.29, 1.82) is 0 Å². The van der Waals surface area contributed by atoms with Gasteiger partial charge in [0.1, 0.15) is 18.3 Å². The first kappa shape index (κ1) is 28.0. The molecule has 0 saturated heterocycles. The highest BCUT2D eigenvalue weighted by molar-refractivity contribution is 6.18. The zero-order valence-corrected chi connectivity index (χ0v) is 22.0. The van der Waals surface area contributed by atoms with E-state index in [1.54, 1.807) is 0 Å². The van der Waals surface area contributed by atoms with Crippen LogP contribution in [0.25, 0.3) is 0 Å². The monoisotopic (exact) mass is 492 g/mol. The van der Waals surface area contributed by atoms with Crippen molar-refractivity contribution in [2.45, 2.75) is 160 Å². The molecule has 200 valence electrons. The van der Waals surface area contributed by atoms with Gasteiger partial charge in [-0.3, -0.25) is 14.4 Å². The molecule has 3 saturated carbocycles. The first-order chi connectivity index (χ1) is 17.1. The number of esters is 3. The van der Waals surface area contributed by atoms with Crippen molar-refractivity contribution in [3.05, 3.63) is 0 Å². The Balaban J connectivity index is 1.82. The van der Waals surface area contributed by atoms with Gasteiger partial charge in [-0.05, 0) is 83.5 Å². The Morgan fingerprint density at radius 1 is 0.543 bits per heavy atom. The maximum Gasteiger partial charge on any atom is 0.335 e. The van der Waals surface area contributed by atoms with Gasteiger partial charge in [-0.1, -0.05) is 58.3 Å². The van der Waals surface area contributed by atoms with Crippen molar-refractivity contribution >= 4 is 17.9 Å². The van der Waals surface area contributed by atoms with E-state index in [1.807, 2.05) is 0 Å². The molecule has 0 unspecified atom stereocenters. The minimum atomic E-state index is -2.00. The van der Waals surface area contributed by atoms with Crippen LogP contribution in [0.5, 0.6) is 0 Å². The van der Waals surface area contributed by atoms with Gasteiger partial charge in [0.2, 0.25) is 0 Å². The van der Waals surface area contributed by atoms with Crippen LogP contribution < -0.4 is 0 Å². The van der Waals surface area contributed by atoms with Gasteiger partial charge in [-0.2, -0.15) is 0 Å². The fourth-order valence-electron chi connectivity index (χ4n) is 5.85. The first-order valence-corrected chi connectivity index (χ1v) is 14.7. The van der Waals surface area contributed by atoms with Gasteiger partial charge in [-0.25, -0.2) is 0 Å². The maximum absolute atomic E-state index is 13.8. The molecule has 0 aromatic carbocycles. The number of hydrogen-bond acceptors (Lipinski definition) is 6. The van der Waals surface area contributed by atoms with E-state index in [0.29, 0.717) is 6.42 Å². The molecule has 3 fully saturated rings. The van der Waals surface area contributed by atoms with Crippen LogP contribution in [0, 0.1) is 5.41 Å². The Morgan fingerprint density at radius 2 is 0.886 bits per heavy atom. The molecular formula is C29H48O6. The summed E-state index contributed by atoms with van der Waals surface area (Å²) in [6.45, 7) is 2.15. The number of rotatable bonds is 12. The van der Waals surface area contributed by atoms with Crippen LogP contribution in [0.15, 0.2) is 0 Å². The average Bonchev–Trinajstić information content (AvgIpc) is 2.88. The molecule has 3 aliphatic carbocycles. The van der Waals surface area contributed by atoms with E-state index < -0.39 is 23.3 Å². The zero-order chi connectivity index (χ0) is 24.9. The Labute approximate surface area is 212 Å². The predicted octanol–water partition coefficient (Wildman–Crippen LogP) is 6.96. The quantitative estimate of drug-likeness (QED) is 0.127. The highest BCUT2D eigenvalue weighted by atomic mass is 16.6. The molecule has 0 bridgehead atoms. The van der Waals surface area contributed by atoms with Crippen molar-refractivity contribution in [3.63, 3.8) is 0 Å². The molecule has 6 nitrogen and oxygen atoms in total. The summed E-state index contributed by atoms with van der Waals surface area (Å²) in [6, 6.07) is 0. The largest absolute Gasteiger partial charge is 0.461 e. The lowest BCUT2D eigenvalue weighted by molar-refractivity contribution is -0.193. The van der Waals surface area contributed by atoms with E-state index in [2.05, 4.69) is 6.92 Å². The Kier molecular flexibility index (Phi) is 11.9. The molecule has 3 aliphatic rings. The van der Waals surface area contributed by atoms with Crippen LogP contribution in [-0.2, 0) is 28.6 Å². The lowest BCUT2D eigenvalue weighted by atomic mass is 9.81. The summed E-state index contributed by atoms with van der Waals surface area (Å²) in [4.78, 5) is 41.4. The smallest absolute Gasteiger partial charge is 0.335 e. The van der Waals surface area contributed by atoms with E-state index in [0.717, 1.165) is 122 Å². The predicted molar refractivity (Wildman–Crippen MR) is 135 cm³/mol. The summed E-state index contributed by atoms with van der Waals surface area (Å²) in [5.74, 6) is -2.20. The summed E-state index contributed by atoms with van der Waals surface area (Å²) < 4.78 is 17.7. The normalized spacial score (nSPS) is 20.8. The van der Waals surface area contributed by atoms with Crippen LogP contribution in [0.1, 0.15) is 142 Å². The number of hydrogen-bond donors (Lipinski definition) is 0. The summed E-state index contributed by atoms with van der Waals surface area (Å²) in [5, 5.41) is 0. The number of ether oxygens (including phenoxy) is 3. The molecule has 0 aromatic heterocycles. The summed E-state index contributed by atoms with van der Waals surface area (Å²) in [6.07, 6.45) is 18.2. The van der Waals surface area contributed by atoms with Crippen molar-refractivity contribution < 1.29 is 28.6 Å². The van der Waals surface area contributed by atoms with E-state index >= 15 is 0 Å². The molecule has 0 aromatic rings. The topological polar surface area (TPSA) is 78.9 Å². The van der Waals surface area contributed by atoms with Crippen LogP contribution in [0.2, 0.25) is 0 Å². The Morgan fingerprint density at radius 3 is 1.23 bits per heavy atom. The molecule has 0 spiro atoms. The van der Waals surface area contributed by atoms with E-state index in [-0.39, 0.29) is 24.7 Å². The summed E-state index contributed by atoms with van der Waals surface area (Å²) in [5.41, 5.74) is -2.00. The average molecular weight is 493 g/mol.